The summed E-state index contributed by atoms with van der Waals surface area (Å²) >= 11 is 0. The summed E-state index contributed by atoms with van der Waals surface area (Å²) < 4.78 is 0. The van der Waals surface area contributed by atoms with Crippen molar-refractivity contribution < 1.29 is 0 Å². The predicted molar refractivity (Wildman–Crippen MR) is 92.1 cm³/mol. The summed E-state index contributed by atoms with van der Waals surface area (Å²) in [7, 11) is 1.85. The highest BCUT2D eigenvalue weighted by atomic mass is 15.2. The first kappa shape index (κ1) is 15.3. The summed E-state index contributed by atoms with van der Waals surface area (Å²) in [6.45, 7) is 5.73. The fourth-order valence-electron chi connectivity index (χ4n) is 3.27. The third-order valence-electron chi connectivity index (χ3n) is 4.82. The molecule has 22 heavy (non-hydrogen) atoms. The Morgan fingerprint density at radius 3 is 2.73 bits per heavy atom. The van der Waals surface area contributed by atoms with E-state index in [2.05, 4.69) is 57.8 Å². The molecular formula is C18H28N4. The lowest BCUT2D eigenvalue weighted by molar-refractivity contribution is 0.314. The van der Waals surface area contributed by atoms with Crippen LogP contribution in [0.15, 0.2) is 35.3 Å². The molecule has 2 atom stereocenters. The topological polar surface area (TPSA) is 39.7 Å². The molecule has 0 bridgehead atoms. The first-order chi connectivity index (χ1) is 10.8. The maximum atomic E-state index is 4.36. The van der Waals surface area contributed by atoms with Crippen LogP contribution in [-0.4, -0.2) is 43.6 Å². The van der Waals surface area contributed by atoms with Crippen molar-refractivity contribution in [3.63, 3.8) is 0 Å². The van der Waals surface area contributed by atoms with Gasteiger partial charge in [0, 0.05) is 26.2 Å². The van der Waals surface area contributed by atoms with Gasteiger partial charge in [0.15, 0.2) is 5.96 Å². The Kier molecular flexibility index (Phi) is 4.98. The zero-order chi connectivity index (χ0) is 15.4. The summed E-state index contributed by atoms with van der Waals surface area (Å²) in [6, 6.07) is 11.7. The summed E-state index contributed by atoms with van der Waals surface area (Å²) in [5.74, 6) is 1.66. The Morgan fingerprint density at radius 2 is 2.05 bits per heavy atom. The minimum Gasteiger partial charge on any atom is -0.356 e. The number of nitrogens with zero attached hydrogens (tertiary/aromatic N) is 2. The van der Waals surface area contributed by atoms with Gasteiger partial charge in [-0.2, -0.15) is 0 Å². The molecule has 120 valence electrons. The van der Waals surface area contributed by atoms with E-state index in [0.29, 0.717) is 0 Å². The van der Waals surface area contributed by atoms with Crippen LogP contribution in [0.25, 0.3) is 0 Å². The van der Waals surface area contributed by atoms with Gasteiger partial charge in [-0.25, -0.2) is 0 Å². The molecule has 1 aliphatic heterocycles. The second kappa shape index (κ2) is 7.14. The van der Waals surface area contributed by atoms with E-state index in [4.69, 9.17) is 0 Å². The number of benzene rings is 1. The molecule has 4 nitrogen and oxygen atoms in total. The predicted octanol–water partition coefficient (Wildman–Crippen LogP) is 2.40. The third-order valence-corrected chi connectivity index (χ3v) is 4.82. The fraction of sp³-hybridized carbons (Fsp3) is 0.611. The second-order valence-corrected chi connectivity index (χ2v) is 6.61. The van der Waals surface area contributed by atoms with Crippen LogP contribution in [0.2, 0.25) is 0 Å². The largest absolute Gasteiger partial charge is 0.356 e. The van der Waals surface area contributed by atoms with Crippen LogP contribution in [0.4, 0.5) is 0 Å². The van der Waals surface area contributed by atoms with Gasteiger partial charge in [0.1, 0.15) is 0 Å². The van der Waals surface area contributed by atoms with Crippen LogP contribution in [0, 0.1) is 5.92 Å². The van der Waals surface area contributed by atoms with Crippen LogP contribution in [0.3, 0.4) is 0 Å². The average molecular weight is 300 g/mol. The summed E-state index contributed by atoms with van der Waals surface area (Å²) in [5.41, 5.74) is 1.28. The van der Waals surface area contributed by atoms with Crippen molar-refractivity contribution in [3.05, 3.63) is 35.9 Å². The number of hydrogen-bond donors (Lipinski definition) is 2. The maximum absolute atomic E-state index is 4.36. The van der Waals surface area contributed by atoms with Gasteiger partial charge in [-0.1, -0.05) is 30.3 Å². The minimum absolute atomic E-state index is 0.263. The Morgan fingerprint density at radius 1 is 1.27 bits per heavy atom. The van der Waals surface area contributed by atoms with Crippen LogP contribution in [-0.2, 0) is 0 Å². The van der Waals surface area contributed by atoms with Crippen LogP contribution in [0.5, 0.6) is 0 Å². The molecule has 2 N–H and O–H groups in total. The molecule has 2 aliphatic rings. The standard InChI is InChI=1S/C18H28N4/c1-14(16-6-4-3-5-7-16)21-18(19-2)20-12-15-10-11-22(13-15)17-8-9-17/h3-7,14-15,17H,8-13H2,1-2H3,(H2,19,20,21). The molecule has 0 aromatic heterocycles. The van der Waals surface area contributed by atoms with Crippen LogP contribution >= 0.6 is 0 Å². The van der Waals surface area contributed by atoms with Crippen molar-refractivity contribution >= 4 is 5.96 Å². The summed E-state index contributed by atoms with van der Waals surface area (Å²) in [6.07, 6.45) is 4.14. The van der Waals surface area contributed by atoms with E-state index in [1.54, 1.807) is 0 Å². The van der Waals surface area contributed by atoms with Gasteiger partial charge >= 0.3 is 0 Å². The lowest BCUT2D eigenvalue weighted by atomic mass is 10.1. The van der Waals surface area contributed by atoms with E-state index in [1.165, 1.54) is 37.9 Å². The first-order valence-electron chi connectivity index (χ1n) is 8.52. The van der Waals surface area contributed by atoms with Crippen molar-refractivity contribution in [2.75, 3.05) is 26.7 Å². The molecule has 1 aromatic carbocycles. The molecule has 2 fully saturated rings. The van der Waals surface area contributed by atoms with Crippen molar-refractivity contribution in [2.45, 2.75) is 38.3 Å². The highest BCUT2D eigenvalue weighted by molar-refractivity contribution is 5.80. The average Bonchev–Trinajstić information content (AvgIpc) is 3.31. The Labute approximate surface area is 134 Å². The molecule has 3 rings (SSSR count). The number of aliphatic imine (C=N–C) groups is 1. The smallest absolute Gasteiger partial charge is 0.191 e. The monoisotopic (exact) mass is 300 g/mol. The van der Waals surface area contributed by atoms with Crippen molar-refractivity contribution in [3.8, 4) is 0 Å². The Bertz CT molecular complexity index is 495. The molecule has 1 aromatic rings. The molecule has 4 heteroatoms. The van der Waals surface area contributed by atoms with Gasteiger partial charge in [-0.15, -0.1) is 0 Å². The molecule has 0 radical (unpaired) electrons. The van der Waals surface area contributed by atoms with Gasteiger partial charge in [0.05, 0.1) is 6.04 Å². The molecule has 1 aliphatic carbocycles. The third kappa shape index (κ3) is 4.01. The van der Waals surface area contributed by atoms with Crippen molar-refractivity contribution in [1.29, 1.82) is 0 Å². The maximum Gasteiger partial charge on any atom is 0.191 e. The lowest BCUT2D eigenvalue weighted by Crippen LogP contribution is -2.41. The number of nitrogens with one attached hydrogen (secondary N) is 2. The highest BCUT2D eigenvalue weighted by Crippen LogP contribution is 2.31. The zero-order valence-corrected chi connectivity index (χ0v) is 13.8. The lowest BCUT2D eigenvalue weighted by Gasteiger charge is -2.20. The Hall–Kier alpha value is -1.55. The number of likely N-dealkylation sites (tertiary alicyclic amines) is 1. The SMILES string of the molecule is CN=C(NCC1CCN(C2CC2)C1)NC(C)c1ccccc1. The first-order valence-corrected chi connectivity index (χ1v) is 8.52. The van der Waals surface area contributed by atoms with Gasteiger partial charge in [-0.3, -0.25) is 4.99 Å². The van der Waals surface area contributed by atoms with Gasteiger partial charge < -0.3 is 15.5 Å². The van der Waals surface area contributed by atoms with Gasteiger partial charge in [0.25, 0.3) is 0 Å². The molecule has 1 heterocycles. The molecule has 1 saturated carbocycles. The van der Waals surface area contributed by atoms with E-state index in [1.807, 2.05) is 7.05 Å². The number of hydrogen-bond acceptors (Lipinski definition) is 2. The minimum atomic E-state index is 0.263. The van der Waals surface area contributed by atoms with Crippen molar-refractivity contribution in [2.24, 2.45) is 10.9 Å². The summed E-state index contributed by atoms with van der Waals surface area (Å²) in [4.78, 5) is 7.02. The van der Waals surface area contributed by atoms with E-state index < -0.39 is 0 Å². The van der Waals surface area contributed by atoms with E-state index in [9.17, 15) is 0 Å². The normalized spacial score (nSPS) is 24.3. The zero-order valence-electron chi connectivity index (χ0n) is 13.8. The quantitative estimate of drug-likeness (QED) is 0.648. The molecular weight excluding hydrogens is 272 g/mol. The highest BCUT2D eigenvalue weighted by Gasteiger charge is 2.34. The summed E-state index contributed by atoms with van der Waals surface area (Å²) in [5, 5.41) is 6.98. The van der Waals surface area contributed by atoms with Gasteiger partial charge in [0.2, 0.25) is 0 Å². The van der Waals surface area contributed by atoms with E-state index >= 15 is 0 Å². The van der Waals surface area contributed by atoms with Crippen LogP contribution in [0.1, 0.15) is 37.8 Å². The van der Waals surface area contributed by atoms with E-state index in [-0.39, 0.29) is 6.04 Å². The van der Waals surface area contributed by atoms with E-state index in [0.717, 1.165) is 24.5 Å². The van der Waals surface area contributed by atoms with Crippen LogP contribution < -0.4 is 10.6 Å². The fourth-order valence-corrected chi connectivity index (χ4v) is 3.27. The molecule has 1 saturated heterocycles. The number of guanidine groups is 1. The Balaban J connectivity index is 1.44. The second-order valence-electron chi connectivity index (χ2n) is 6.61. The van der Waals surface area contributed by atoms with Crippen molar-refractivity contribution in [1.82, 2.24) is 15.5 Å². The molecule has 0 amide bonds. The number of rotatable bonds is 5. The molecule has 0 spiro atoms. The van der Waals surface area contributed by atoms with Gasteiger partial charge in [-0.05, 0) is 44.2 Å². The molecule has 2 unspecified atom stereocenters.